The highest BCUT2D eigenvalue weighted by Gasteiger charge is 2.16. The number of piperidine rings is 1. The van der Waals surface area contributed by atoms with Crippen molar-refractivity contribution >= 4 is 23.4 Å². The Bertz CT molecular complexity index is 829. The minimum atomic E-state index is -0.372. The van der Waals surface area contributed by atoms with Gasteiger partial charge in [-0.25, -0.2) is 0 Å². The zero-order valence-electron chi connectivity index (χ0n) is 16.2. The molecule has 1 aliphatic heterocycles. The lowest BCUT2D eigenvalue weighted by atomic mass is 10.1. The maximum Gasteiger partial charge on any atom is 0.291 e. The first kappa shape index (κ1) is 20.4. The van der Waals surface area contributed by atoms with Crippen molar-refractivity contribution in [1.82, 2.24) is 10.2 Å². The lowest BCUT2D eigenvalue weighted by Gasteiger charge is -2.26. The number of carbonyl (C=O) groups excluding carboxylic acids is 3. The molecule has 1 fully saturated rings. The molecule has 0 radical (unpaired) electrons. The molecule has 0 bridgehead atoms. The molecular formula is C21H25N3O5. The number of nitrogens with zero attached hydrogens (tertiary/aromatic N) is 1. The zero-order valence-corrected chi connectivity index (χ0v) is 16.2. The second-order valence-corrected chi connectivity index (χ2v) is 6.79. The first-order chi connectivity index (χ1) is 14.1. The molecule has 0 atom stereocenters. The molecule has 3 rings (SSSR count). The summed E-state index contributed by atoms with van der Waals surface area (Å²) in [6.07, 6.45) is 4.98. The maximum absolute atomic E-state index is 12.1. The fourth-order valence-electron chi connectivity index (χ4n) is 3.07. The average Bonchev–Trinajstić information content (AvgIpc) is 3.28. The van der Waals surface area contributed by atoms with Gasteiger partial charge in [-0.1, -0.05) is 6.07 Å². The summed E-state index contributed by atoms with van der Waals surface area (Å²) >= 11 is 0. The van der Waals surface area contributed by atoms with E-state index >= 15 is 0 Å². The number of hydrogen-bond acceptors (Lipinski definition) is 5. The van der Waals surface area contributed by atoms with E-state index in [4.69, 9.17) is 9.15 Å². The van der Waals surface area contributed by atoms with E-state index in [1.807, 2.05) is 4.90 Å². The maximum atomic E-state index is 12.1. The van der Waals surface area contributed by atoms with E-state index in [-0.39, 0.29) is 36.6 Å². The molecule has 1 aromatic carbocycles. The molecule has 3 amide bonds. The summed E-state index contributed by atoms with van der Waals surface area (Å²) in [6.45, 7) is 1.73. The van der Waals surface area contributed by atoms with Crippen molar-refractivity contribution in [2.24, 2.45) is 0 Å². The first-order valence-electron chi connectivity index (χ1n) is 9.74. The molecule has 29 heavy (non-hydrogen) atoms. The van der Waals surface area contributed by atoms with Crippen LogP contribution in [0.3, 0.4) is 0 Å². The summed E-state index contributed by atoms with van der Waals surface area (Å²) in [4.78, 5) is 37.9. The van der Waals surface area contributed by atoms with Crippen molar-refractivity contribution in [3.05, 3.63) is 48.4 Å². The molecule has 2 N–H and O–H groups in total. The van der Waals surface area contributed by atoms with Crippen LogP contribution >= 0.6 is 0 Å². The summed E-state index contributed by atoms with van der Waals surface area (Å²) in [5.41, 5.74) is 0.524. The highest BCUT2D eigenvalue weighted by atomic mass is 16.5. The molecular weight excluding hydrogens is 374 g/mol. The molecule has 0 unspecified atom stereocenters. The summed E-state index contributed by atoms with van der Waals surface area (Å²) < 4.78 is 10.5. The largest absolute Gasteiger partial charge is 0.484 e. The van der Waals surface area contributed by atoms with Gasteiger partial charge < -0.3 is 24.7 Å². The van der Waals surface area contributed by atoms with Gasteiger partial charge in [0.1, 0.15) is 5.75 Å². The van der Waals surface area contributed by atoms with Crippen molar-refractivity contribution in [1.29, 1.82) is 0 Å². The molecule has 0 spiro atoms. The van der Waals surface area contributed by atoms with Gasteiger partial charge in [0.15, 0.2) is 12.4 Å². The topological polar surface area (TPSA) is 101 Å². The van der Waals surface area contributed by atoms with Crippen LogP contribution in [0.15, 0.2) is 47.1 Å². The van der Waals surface area contributed by atoms with Crippen molar-refractivity contribution in [3.63, 3.8) is 0 Å². The van der Waals surface area contributed by atoms with Gasteiger partial charge in [-0.2, -0.15) is 0 Å². The van der Waals surface area contributed by atoms with Gasteiger partial charge in [-0.15, -0.1) is 0 Å². The Morgan fingerprint density at radius 2 is 1.90 bits per heavy atom. The third-order valence-electron chi connectivity index (χ3n) is 4.58. The normalized spacial score (nSPS) is 13.6. The molecule has 8 nitrogen and oxygen atoms in total. The number of rotatable bonds is 8. The number of hydrogen-bond donors (Lipinski definition) is 2. The van der Waals surface area contributed by atoms with Crippen LogP contribution in [0.5, 0.6) is 5.75 Å². The Labute approximate surface area is 169 Å². The lowest BCUT2D eigenvalue weighted by Crippen LogP contribution is -2.38. The van der Waals surface area contributed by atoms with Gasteiger partial charge in [0.05, 0.1) is 6.26 Å². The molecule has 1 saturated heterocycles. The predicted molar refractivity (Wildman–Crippen MR) is 107 cm³/mol. The van der Waals surface area contributed by atoms with Crippen LogP contribution in [0.2, 0.25) is 0 Å². The second kappa shape index (κ2) is 10.3. The van der Waals surface area contributed by atoms with Gasteiger partial charge in [-0.05, 0) is 43.5 Å². The number of furan rings is 1. The van der Waals surface area contributed by atoms with Gasteiger partial charge in [-0.3, -0.25) is 14.4 Å². The van der Waals surface area contributed by atoms with Crippen molar-refractivity contribution in [2.45, 2.75) is 25.7 Å². The molecule has 0 aliphatic carbocycles. The fraction of sp³-hybridized carbons (Fsp3) is 0.381. The van der Waals surface area contributed by atoms with Crippen molar-refractivity contribution < 1.29 is 23.5 Å². The number of benzene rings is 1. The van der Waals surface area contributed by atoms with E-state index in [2.05, 4.69) is 10.6 Å². The number of likely N-dealkylation sites (tertiary alicyclic amines) is 1. The van der Waals surface area contributed by atoms with Crippen LogP contribution in [0.1, 0.15) is 36.2 Å². The van der Waals surface area contributed by atoms with Gasteiger partial charge in [0.2, 0.25) is 5.91 Å². The zero-order chi connectivity index (χ0) is 20.5. The van der Waals surface area contributed by atoms with Crippen LogP contribution < -0.4 is 15.4 Å². The third-order valence-corrected chi connectivity index (χ3v) is 4.58. The molecule has 8 heteroatoms. The predicted octanol–water partition coefficient (Wildman–Crippen LogP) is 2.43. The minimum Gasteiger partial charge on any atom is -0.484 e. The first-order valence-corrected chi connectivity index (χ1v) is 9.74. The lowest BCUT2D eigenvalue weighted by molar-refractivity contribution is -0.132. The Balaban J connectivity index is 1.38. The highest BCUT2D eigenvalue weighted by molar-refractivity contribution is 6.02. The molecule has 2 aromatic rings. The molecule has 2 heterocycles. The van der Waals surface area contributed by atoms with E-state index in [1.165, 1.54) is 12.7 Å². The van der Waals surface area contributed by atoms with Gasteiger partial charge >= 0.3 is 0 Å². The van der Waals surface area contributed by atoms with Crippen LogP contribution in [-0.2, 0) is 9.59 Å². The van der Waals surface area contributed by atoms with Crippen molar-refractivity contribution in [2.75, 3.05) is 31.6 Å². The van der Waals surface area contributed by atoms with Gasteiger partial charge in [0, 0.05) is 37.8 Å². The van der Waals surface area contributed by atoms with E-state index in [1.54, 1.807) is 36.4 Å². The van der Waals surface area contributed by atoms with Crippen LogP contribution in [-0.4, -0.2) is 48.9 Å². The number of nitrogens with one attached hydrogen (secondary N) is 2. The molecule has 1 aromatic heterocycles. The van der Waals surface area contributed by atoms with E-state index in [9.17, 15) is 14.4 Å². The number of ether oxygens (including phenoxy) is 1. The Kier molecular flexibility index (Phi) is 7.27. The van der Waals surface area contributed by atoms with E-state index < -0.39 is 0 Å². The highest BCUT2D eigenvalue weighted by Crippen LogP contribution is 2.18. The van der Waals surface area contributed by atoms with E-state index in [0.717, 1.165) is 25.9 Å². The summed E-state index contributed by atoms with van der Waals surface area (Å²) in [5, 5.41) is 5.39. The van der Waals surface area contributed by atoms with Crippen LogP contribution in [0, 0.1) is 0 Å². The average molecular weight is 399 g/mol. The second-order valence-electron chi connectivity index (χ2n) is 6.79. The summed E-state index contributed by atoms with van der Waals surface area (Å²) in [6, 6.07) is 9.93. The fourth-order valence-corrected chi connectivity index (χ4v) is 3.07. The molecule has 1 aliphatic rings. The van der Waals surface area contributed by atoms with E-state index in [0.29, 0.717) is 17.9 Å². The monoisotopic (exact) mass is 399 g/mol. The SMILES string of the molecule is O=C(COc1cccc(NC(=O)c2ccco2)c1)NCCC(=O)N1CCCCC1. The molecule has 154 valence electrons. The Morgan fingerprint density at radius 3 is 2.66 bits per heavy atom. The van der Waals surface area contributed by atoms with Crippen LogP contribution in [0.25, 0.3) is 0 Å². The smallest absolute Gasteiger partial charge is 0.291 e. The quantitative estimate of drug-likeness (QED) is 0.710. The van der Waals surface area contributed by atoms with Gasteiger partial charge in [0.25, 0.3) is 11.8 Å². The third kappa shape index (κ3) is 6.38. The minimum absolute atomic E-state index is 0.0749. The number of anilines is 1. The molecule has 0 saturated carbocycles. The van der Waals surface area contributed by atoms with Crippen molar-refractivity contribution in [3.8, 4) is 5.75 Å². The summed E-state index contributed by atoms with van der Waals surface area (Å²) in [7, 11) is 0. The standard InChI is InChI=1S/C21H25N3O5/c25-19(22-10-9-20(26)24-11-2-1-3-12-24)15-29-17-7-4-6-16(14-17)23-21(27)18-8-5-13-28-18/h4-8,13-14H,1-3,9-12,15H2,(H,22,25)(H,23,27). The number of carbonyl (C=O) groups is 3. The summed E-state index contributed by atoms with van der Waals surface area (Å²) in [5.74, 6) is 0.0484. The Hall–Kier alpha value is -3.29. The number of amides is 3. The Morgan fingerprint density at radius 1 is 1.07 bits per heavy atom. The van der Waals surface area contributed by atoms with Crippen LogP contribution in [0.4, 0.5) is 5.69 Å².